The summed E-state index contributed by atoms with van der Waals surface area (Å²) in [5.41, 5.74) is 20.0. The topological polar surface area (TPSA) is 111 Å². The van der Waals surface area contributed by atoms with Crippen LogP contribution in [0.1, 0.15) is 27.8 Å². The minimum atomic E-state index is 0.214. The Bertz CT molecular complexity index is 986. The summed E-state index contributed by atoms with van der Waals surface area (Å²) >= 11 is 0. The van der Waals surface area contributed by atoms with E-state index >= 15 is 0 Å². The number of anilines is 2. The van der Waals surface area contributed by atoms with Gasteiger partial charge in [0, 0.05) is 48.2 Å². The molecule has 4 aliphatic rings. The van der Waals surface area contributed by atoms with Crippen molar-refractivity contribution in [3.8, 4) is 11.5 Å². The van der Waals surface area contributed by atoms with Crippen molar-refractivity contribution >= 4 is 11.4 Å². The van der Waals surface area contributed by atoms with Crippen molar-refractivity contribution in [3.63, 3.8) is 0 Å². The largest absolute Gasteiger partial charge is 0.456 e. The van der Waals surface area contributed by atoms with Gasteiger partial charge in [-0.3, -0.25) is 0 Å². The molecular weight excluding hydrogens is 408 g/mol. The smallest absolute Gasteiger partial charge is 0.134 e. The number of rotatable bonds is 10. The zero-order valence-corrected chi connectivity index (χ0v) is 18.4. The predicted octanol–water partition coefficient (Wildman–Crippen LogP) is 2.72. The molecule has 2 aromatic carbocycles. The number of aryl methyl sites for hydroxylation is 1. The molecule has 170 valence electrons. The average molecular weight is 439 g/mol. The van der Waals surface area contributed by atoms with Crippen LogP contribution >= 0.6 is 0 Å². The molecule has 0 amide bonds. The van der Waals surface area contributed by atoms with Gasteiger partial charge in [0.2, 0.25) is 0 Å². The molecule has 4 N–H and O–H groups in total. The van der Waals surface area contributed by atoms with E-state index in [1.165, 1.54) is 0 Å². The summed E-state index contributed by atoms with van der Waals surface area (Å²) in [4.78, 5) is 0. The molecule has 7 heteroatoms. The Labute approximate surface area is 187 Å². The molecule has 6 rings (SSSR count). The van der Waals surface area contributed by atoms with E-state index in [-0.39, 0.29) is 24.4 Å². The summed E-state index contributed by atoms with van der Waals surface area (Å²) in [7, 11) is 0. The quantitative estimate of drug-likeness (QED) is 0.433. The predicted molar refractivity (Wildman–Crippen MR) is 120 cm³/mol. The zero-order valence-electron chi connectivity index (χ0n) is 18.4. The fraction of sp³-hybridized carbons (Fsp3) is 0.520. The molecule has 0 spiro atoms. The van der Waals surface area contributed by atoms with E-state index in [0.29, 0.717) is 0 Å². The van der Waals surface area contributed by atoms with Gasteiger partial charge >= 0.3 is 0 Å². The number of nitrogen functional groups attached to an aromatic ring is 2. The average Bonchev–Trinajstić information content (AvgIpc) is 3.61. The van der Waals surface area contributed by atoms with Crippen LogP contribution in [-0.4, -0.2) is 50.8 Å². The van der Waals surface area contributed by atoms with Crippen molar-refractivity contribution in [2.75, 3.05) is 37.9 Å². The Balaban J connectivity index is 1.51. The number of hydrogen-bond donors (Lipinski definition) is 2. The van der Waals surface area contributed by atoms with Crippen molar-refractivity contribution in [2.45, 2.75) is 57.0 Å². The molecular formula is C25H30N2O5. The molecule has 0 saturated carbocycles. The van der Waals surface area contributed by atoms with E-state index in [0.717, 1.165) is 103 Å². The summed E-state index contributed by atoms with van der Waals surface area (Å²) < 4.78 is 29.1. The van der Waals surface area contributed by atoms with Crippen molar-refractivity contribution < 1.29 is 23.7 Å². The number of benzene rings is 2. The van der Waals surface area contributed by atoms with Crippen molar-refractivity contribution in [3.05, 3.63) is 46.0 Å². The summed E-state index contributed by atoms with van der Waals surface area (Å²) in [6.07, 6.45) is 4.04. The van der Waals surface area contributed by atoms with Crippen LogP contribution in [0, 0.1) is 6.92 Å². The van der Waals surface area contributed by atoms with Crippen LogP contribution in [0.15, 0.2) is 18.2 Å². The van der Waals surface area contributed by atoms with Gasteiger partial charge < -0.3 is 35.2 Å². The SMILES string of the molecule is Cc1cc(N)ccc1Oc1c(CC2CO2)c(CC2CO2)c(N)c(CC2CO2)c1CC1CO1. The second-order valence-corrected chi connectivity index (χ2v) is 9.42. The van der Waals surface area contributed by atoms with Gasteiger partial charge in [0.1, 0.15) is 11.5 Å². The Morgan fingerprint density at radius 2 is 1.19 bits per heavy atom. The van der Waals surface area contributed by atoms with E-state index < -0.39 is 0 Å². The first-order valence-electron chi connectivity index (χ1n) is 11.5. The third kappa shape index (κ3) is 4.43. The highest BCUT2D eigenvalue weighted by atomic mass is 16.6. The maximum atomic E-state index is 6.88. The number of nitrogens with two attached hydrogens (primary N) is 2. The van der Waals surface area contributed by atoms with Crippen molar-refractivity contribution in [1.29, 1.82) is 0 Å². The van der Waals surface area contributed by atoms with Crippen molar-refractivity contribution in [1.82, 2.24) is 0 Å². The van der Waals surface area contributed by atoms with E-state index in [4.69, 9.17) is 35.2 Å². The summed E-state index contributed by atoms with van der Waals surface area (Å²) in [6.45, 7) is 5.14. The second kappa shape index (κ2) is 7.92. The highest BCUT2D eigenvalue weighted by molar-refractivity contribution is 5.68. The summed E-state index contributed by atoms with van der Waals surface area (Å²) in [5.74, 6) is 1.71. The molecule has 0 aromatic heterocycles. The first-order valence-corrected chi connectivity index (χ1v) is 11.5. The molecule has 0 radical (unpaired) electrons. The third-order valence-corrected chi connectivity index (χ3v) is 6.67. The molecule has 7 nitrogen and oxygen atoms in total. The number of ether oxygens (including phenoxy) is 5. The molecule has 4 unspecified atom stereocenters. The van der Waals surface area contributed by atoms with E-state index in [2.05, 4.69) is 0 Å². The fourth-order valence-corrected chi connectivity index (χ4v) is 4.54. The highest BCUT2D eigenvalue weighted by Crippen LogP contribution is 2.45. The molecule has 4 fully saturated rings. The Hall–Kier alpha value is -2.32. The van der Waals surface area contributed by atoms with Gasteiger partial charge in [-0.05, 0) is 41.8 Å². The second-order valence-electron chi connectivity index (χ2n) is 9.42. The zero-order chi connectivity index (χ0) is 21.8. The molecule has 4 heterocycles. The van der Waals surface area contributed by atoms with Crippen LogP contribution in [0.25, 0.3) is 0 Å². The Morgan fingerprint density at radius 3 is 1.59 bits per heavy atom. The summed E-state index contributed by atoms with van der Waals surface area (Å²) in [5, 5.41) is 0. The molecule has 2 aromatic rings. The fourth-order valence-electron chi connectivity index (χ4n) is 4.54. The molecule has 32 heavy (non-hydrogen) atoms. The van der Waals surface area contributed by atoms with Gasteiger partial charge in [-0.25, -0.2) is 0 Å². The lowest BCUT2D eigenvalue weighted by Crippen LogP contribution is -2.16. The van der Waals surface area contributed by atoms with Crippen LogP contribution in [0.3, 0.4) is 0 Å². The highest BCUT2D eigenvalue weighted by Gasteiger charge is 2.37. The first kappa shape index (κ1) is 20.3. The van der Waals surface area contributed by atoms with Gasteiger partial charge in [-0.1, -0.05) is 0 Å². The van der Waals surface area contributed by atoms with Crippen LogP contribution in [0.5, 0.6) is 11.5 Å². The van der Waals surface area contributed by atoms with E-state index in [9.17, 15) is 0 Å². The molecule has 4 aliphatic heterocycles. The monoisotopic (exact) mass is 438 g/mol. The molecule has 0 bridgehead atoms. The van der Waals surface area contributed by atoms with Crippen LogP contribution < -0.4 is 16.2 Å². The van der Waals surface area contributed by atoms with Gasteiger partial charge in [-0.2, -0.15) is 0 Å². The first-order chi connectivity index (χ1) is 15.5. The van der Waals surface area contributed by atoms with Gasteiger partial charge in [-0.15, -0.1) is 0 Å². The van der Waals surface area contributed by atoms with E-state index in [1.807, 2.05) is 25.1 Å². The maximum Gasteiger partial charge on any atom is 0.134 e. The van der Waals surface area contributed by atoms with Crippen LogP contribution in [-0.2, 0) is 44.6 Å². The number of hydrogen-bond acceptors (Lipinski definition) is 7. The van der Waals surface area contributed by atoms with Crippen LogP contribution in [0.2, 0.25) is 0 Å². The molecule has 4 atom stereocenters. The lowest BCUT2D eigenvalue weighted by molar-refractivity contribution is 0.390. The van der Waals surface area contributed by atoms with Crippen molar-refractivity contribution in [2.24, 2.45) is 0 Å². The lowest BCUT2D eigenvalue weighted by Gasteiger charge is -2.25. The minimum absolute atomic E-state index is 0.214. The van der Waals surface area contributed by atoms with Gasteiger partial charge in [0.25, 0.3) is 0 Å². The van der Waals surface area contributed by atoms with Gasteiger partial charge in [0.15, 0.2) is 0 Å². The minimum Gasteiger partial charge on any atom is -0.456 e. The molecule has 0 aliphatic carbocycles. The Morgan fingerprint density at radius 1 is 0.750 bits per heavy atom. The normalized spacial score (nSPS) is 27.3. The lowest BCUT2D eigenvalue weighted by atomic mass is 9.86. The van der Waals surface area contributed by atoms with E-state index in [1.54, 1.807) is 0 Å². The number of epoxide rings is 4. The molecule has 4 saturated heterocycles. The van der Waals surface area contributed by atoms with Gasteiger partial charge in [0.05, 0.1) is 50.8 Å². The third-order valence-electron chi connectivity index (χ3n) is 6.67. The van der Waals surface area contributed by atoms with Crippen LogP contribution in [0.4, 0.5) is 11.4 Å². The Kier molecular flexibility index (Phi) is 5.02. The maximum absolute atomic E-state index is 6.88. The standard InChI is InChI=1S/C25H30N2O5/c1-13-4-14(26)2-3-23(13)32-25-21(7-17-11-30-17)19(5-15-9-28-15)24(27)20(6-16-10-29-16)22(25)8-18-12-31-18/h2-4,15-18H,5-12,26-27H2,1H3. The summed E-state index contributed by atoms with van der Waals surface area (Å²) in [6, 6.07) is 5.77.